The topological polar surface area (TPSA) is 0 Å². The molecule has 0 radical (unpaired) electrons. The van der Waals surface area contributed by atoms with Crippen molar-refractivity contribution >= 4 is 32.9 Å². The summed E-state index contributed by atoms with van der Waals surface area (Å²) in [5.74, 6) is 0. The molecule has 0 atom stereocenters. The van der Waals surface area contributed by atoms with Crippen molar-refractivity contribution in [3.8, 4) is 0 Å². The van der Waals surface area contributed by atoms with Gasteiger partial charge in [-0.15, -0.1) is 0 Å². The SMILES string of the molecule is c1ccc([S][Ga]([c]2ccccc2)[c]2ccccc2)cc1. The minimum absolute atomic E-state index is 1.38. The number of benzene rings is 3. The van der Waals surface area contributed by atoms with E-state index in [4.69, 9.17) is 0 Å². The van der Waals surface area contributed by atoms with Gasteiger partial charge in [-0.2, -0.15) is 0 Å². The van der Waals surface area contributed by atoms with Gasteiger partial charge < -0.3 is 0 Å². The predicted molar refractivity (Wildman–Crippen MR) is 90.2 cm³/mol. The normalized spacial score (nSPS) is 10.2. The minimum atomic E-state index is -1.82. The Bertz CT molecular complexity index is 599. The molecule has 0 saturated carbocycles. The van der Waals surface area contributed by atoms with E-state index >= 15 is 0 Å². The average Bonchev–Trinajstić information content (AvgIpc) is 2.55. The van der Waals surface area contributed by atoms with Gasteiger partial charge in [0.15, 0.2) is 0 Å². The molecule has 0 unspecified atom stereocenters. The van der Waals surface area contributed by atoms with Crippen molar-refractivity contribution in [3.05, 3.63) is 91.0 Å². The summed E-state index contributed by atoms with van der Waals surface area (Å²) in [6.45, 7) is 0. The van der Waals surface area contributed by atoms with Gasteiger partial charge in [0.25, 0.3) is 0 Å². The molecule has 0 spiro atoms. The van der Waals surface area contributed by atoms with E-state index in [1.165, 1.54) is 13.1 Å². The van der Waals surface area contributed by atoms with E-state index in [0.717, 1.165) is 0 Å². The van der Waals surface area contributed by atoms with Crippen LogP contribution in [0.3, 0.4) is 0 Å². The number of hydrogen-bond acceptors (Lipinski definition) is 1. The molecule has 0 amide bonds. The van der Waals surface area contributed by atoms with Crippen LogP contribution in [0.5, 0.6) is 0 Å². The molecule has 0 nitrogen and oxygen atoms in total. The molecule has 96 valence electrons. The van der Waals surface area contributed by atoms with E-state index in [1.54, 1.807) is 0 Å². The zero-order valence-corrected chi connectivity index (χ0v) is 14.4. The Labute approximate surface area is 128 Å². The van der Waals surface area contributed by atoms with Crippen LogP contribution >= 0.6 is 9.70 Å². The van der Waals surface area contributed by atoms with Crippen molar-refractivity contribution in [3.63, 3.8) is 0 Å². The summed E-state index contributed by atoms with van der Waals surface area (Å²) in [4.78, 5) is 1.38. The first-order chi connectivity index (χ1) is 9.93. The Hall–Kier alpha value is -1.35. The van der Waals surface area contributed by atoms with Crippen LogP contribution in [0.4, 0.5) is 0 Å². The van der Waals surface area contributed by atoms with E-state index in [2.05, 4.69) is 101 Å². The molecular weight excluding hydrogens is 318 g/mol. The Morgan fingerprint density at radius 3 is 1.35 bits per heavy atom. The second-order valence-corrected chi connectivity index (χ2v) is 13.7. The van der Waals surface area contributed by atoms with E-state index in [-0.39, 0.29) is 0 Å². The van der Waals surface area contributed by atoms with E-state index in [0.29, 0.717) is 0 Å². The molecule has 0 saturated heterocycles. The Morgan fingerprint density at radius 2 is 0.900 bits per heavy atom. The van der Waals surface area contributed by atoms with Crippen molar-refractivity contribution in [1.82, 2.24) is 0 Å². The van der Waals surface area contributed by atoms with Crippen LogP contribution in [-0.4, -0.2) is 15.0 Å². The van der Waals surface area contributed by atoms with Gasteiger partial charge in [0.1, 0.15) is 0 Å². The van der Waals surface area contributed by atoms with Gasteiger partial charge in [-0.3, -0.25) is 0 Å². The van der Waals surface area contributed by atoms with Gasteiger partial charge in [0.05, 0.1) is 0 Å². The Morgan fingerprint density at radius 1 is 0.500 bits per heavy atom. The van der Waals surface area contributed by atoms with Crippen LogP contribution in [0, 0.1) is 0 Å². The fourth-order valence-electron chi connectivity index (χ4n) is 2.22. The van der Waals surface area contributed by atoms with Crippen molar-refractivity contribution in [2.45, 2.75) is 4.90 Å². The van der Waals surface area contributed by atoms with Crippen LogP contribution in [0.25, 0.3) is 0 Å². The molecule has 0 N–H and O–H groups in total. The molecular formula is C18H15GaS. The van der Waals surface area contributed by atoms with Gasteiger partial charge >= 0.3 is 129 Å². The van der Waals surface area contributed by atoms with Crippen LogP contribution < -0.4 is 8.24 Å². The molecule has 3 aromatic rings. The first-order valence-electron chi connectivity index (χ1n) is 6.75. The third-order valence-corrected chi connectivity index (χ3v) is 14.2. The van der Waals surface area contributed by atoms with Crippen LogP contribution in [0.1, 0.15) is 0 Å². The Kier molecular flexibility index (Phi) is 4.69. The van der Waals surface area contributed by atoms with Gasteiger partial charge in [0.2, 0.25) is 0 Å². The van der Waals surface area contributed by atoms with E-state index < -0.39 is 15.0 Å². The predicted octanol–water partition coefficient (Wildman–Crippen LogP) is 3.58. The third kappa shape index (κ3) is 3.39. The van der Waals surface area contributed by atoms with Crippen molar-refractivity contribution in [1.29, 1.82) is 0 Å². The fraction of sp³-hybridized carbons (Fsp3) is 0. The molecule has 20 heavy (non-hydrogen) atoms. The van der Waals surface area contributed by atoms with Crippen LogP contribution in [-0.2, 0) is 0 Å². The summed E-state index contributed by atoms with van der Waals surface area (Å²) in [5.41, 5.74) is 0. The number of rotatable bonds is 4. The summed E-state index contributed by atoms with van der Waals surface area (Å²) >= 11 is -1.82. The van der Waals surface area contributed by atoms with Crippen molar-refractivity contribution in [2.24, 2.45) is 0 Å². The van der Waals surface area contributed by atoms with Gasteiger partial charge in [-0.25, -0.2) is 0 Å². The zero-order chi connectivity index (χ0) is 13.6. The summed E-state index contributed by atoms with van der Waals surface area (Å²) in [5, 5.41) is 0. The van der Waals surface area contributed by atoms with Crippen molar-refractivity contribution in [2.75, 3.05) is 0 Å². The zero-order valence-electron chi connectivity index (χ0n) is 11.1. The number of hydrogen-bond donors (Lipinski definition) is 0. The first kappa shape index (κ1) is 13.6. The van der Waals surface area contributed by atoms with E-state index in [9.17, 15) is 0 Å². The molecule has 0 fully saturated rings. The second kappa shape index (κ2) is 6.89. The summed E-state index contributed by atoms with van der Waals surface area (Å²) < 4.78 is 3.06. The molecule has 0 aromatic heterocycles. The van der Waals surface area contributed by atoms with Gasteiger partial charge in [-0.05, 0) is 0 Å². The Balaban J connectivity index is 1.96. The monoisotopic (exact) mass is 332 g/mol. The maximum atomic E-state index is 2.29. The van der Waals surface area contributed by atoms with Gasteiger partial charge in [0, 0.05) is 0 Å². The average molecular weight is 333 g/mol. The molecule has 0 aliphatic heterocycles. The standard InChI is InChI=1S/C6H6S.2C6H5.Ga/c7-6-4-2-1-3-5-6;2*1-2-4-6-5-3-1;/h1-5,7H;2*1-5H;/q;;;+1/p-1. The molecule has 0 heterocycles. The molecule has 2 heteroatoms. The second-order valence-electron chi connectivity index (χ2n) is 4.63. The maximum absolute atomic E-state index is 2.29. The molecule has 0 bridgehead atoms. The third-order valence-electron chi connectivity index (χ3n) is 3.20. The van der Waals surface area contributed by atoms with E-state index in [1.807, 2.05) is 0 Å². The summed E-state index contributed by atoms with van der Waals surface area (Å²) in [6.07, 6.45) is 0. The quantitative estimate of drug-likeness (QED) is 0.658. The molecule has 3 rings (SSSR count). The molecule has 0 aliphatic carbocycles. The van der Waals surface area contributed by atoms with Crippen LogP contribution in [0.15, 0.2) is 95.9 Å². The first-order valence-corrected chi connectivity index (χ1v) is 13.0. The fourth-order valence-corrected chi connectivity index (χ4v) is 12.3. The van der Waals surface area contributed by atoms with Gasteiger partial charge in [-0.1, -0.05) is 0 Å². The molecule has 3 aromatic carbocycles. The summed E-state index contributed by atoms with van der Waals surface area (Å²) in [7, 11) is 2.08. The van der Waals surface area contributed by atoms with Crippen molar-refractivity contribution < 1.29 is 0 Å². The summed E-state index contributed by atoms with van der Waals surface area (Å²) in [6, 6.07) is 32.7. The molecule has 0 aliphatic rings. The van der Waals surface area contributed by atoms with Crippen LogP contribution in [0.2, 0.25) is 0 Å².